The lowest BCUT2D eigenvalue weighted by Gasteiger charge is -2.34. The van der Waals surface area contributed by atoms with Crippen LogP contribution in [-0.2, 0) is 13.2 Å². The Bertz CT molecular complexity index is 1090. The molecule has 0 bridgehead atoms. The molecule has 0 saturated carbocycles. The Morgan fingerprint density at radius 3 is 2.15 bits per heavy atom. The number of ether oxygens (including phenoxy) is 2. The lowest BCUT2D eigenvalue weighted by molar-refractivity contribution is 0.0627. The number of nitrogens with zero attached hydrogens (tertiary/aromatic N) is 4. The van der Waals surface area contributed by atoms with E-state index in [0.29, 0.717) is 36.8 Å². The summed E-state index contributed by atoms with van der Waals surface area (Å²) in [5.74, 6) is 2.66. The van der Waals surface area contributed by atoms with Gasteiger partial charge < -0.3 is 23.4 Å². The van der Waals surface area contributed by atoms with E-state index < -0.39 is 0 Å². The van der Waals surface area contributed by atoms with Gasteiger partial charge in [0.15, 0.2) is 11.5 Å². The lowest BCUT2D eigenvalue weighted by atomic mass is 10.1. The maximum Gasteiger partial charge on any atom is 0.254 e. The van der Waals surface area contributed by atoms with Crippen molar-refractivity contribution in [2.24, 2.45) is 0 Å². The van der Waals surface area contributed by atoms with Gasteiger partial charge in [-0.2, -0.15) is 0 Å². The highest BCUT2D eigenvalue weighted by Crippen LogP contribution is 2.30. The number of hydrogen-bond acceptors (Lipinski definition) is 8. The highest BCUT2D eigenvalue weighted by Gasteiger charge is 2.24. The summed E-state index contributed by atoms with van der Waals surface area (Å²) in [7, 11) is 1.57. The first-order chi connectivity index (χ1) is 15.9. The molecule has 176 valence electrons. The quantitative estimate of drug-likeness (QED) is 0.536. The van der Waals surface area contributed by atoms with Crippen molar-refractivity contribution in [3.63, 3.8) is 0 Å². The SMILES string of the molecule is COc1cc(C(=O)N2CCN(Cc3c(C)noc3C)CC2)ccc1OCc1c(C)noc1C. The van der Waals surface area contributed by atoms with E-state index in [1.54, 1.807) is 25.3 Å². The molecule has 0 N–H and O–H groups in total. The van der Waals surface area contributed by atoms with Crippen LogP contribution in [0.3, 0.4) is 0 Å². The van der Waals surface area contributed by atoms with Gasteiger partial charge in [-0.15, -0.1) is 0 Å². The molecule has 3 aromatic rings. The molecule has 3 heterocycles. The Balaban J connectivity index is 1.37. The van der Waals surface area contributed by atoms with Crippen LogP contribution >= 0.6 is 0 Å². The number of piperazine rings is 1. The molecule has 0 atom stereocenters. The second kappa shape index (κ2) is 9.66. The second-order valence-corrected chi connectivity index (χ2v) is 8.33. The molecule has 4 rings (SSSR count). The fraction of sp³-hybridized carbons (Fsp3) is 0.458. The molecule has 1 aliphatic heterocycles. The normalized spacial score (nSPS) is 14.5. The van der Waals surface area contributed by atoms with E-state index in [1.807, 2.05) is 32.6 Å². The Kier molecular flexibility index (Phi) is 6.69. The number of methoxy groups -OCH3 is 1. The van der Waals surface area contributed by atoms with Gasteiger partial charge in [-0.1, -0.05) is 10.3 Å². The van der Waals surface area contributed by atoms with Crippen LogP contribution in [0.1, 0.15) is 44.4 Å². The van der Waals surface area contributed by atoms with Gasteiger partial charge in [-0.3, -0.25) is 9.69 Å². The molecule has 2 aromatic heterocycles. The lowest BCUT2D eigenvalue weighted by Crippen LogP contribution is -2.48. The predicted octanol–water partition coefficient (Wildman–Crippen LogP) is 3.44. The summed E-state index contributed by atoms with van der Waals surface area (Å²) in [6.45, 7) is 11.6. The van der Waals surface area contributed by atoms with Crippen LogP contribution in [0, 0.1) is 27.7 Å². The van der Waals surface area contributed by atoms with Crippen molar-refractivity contribution in [2.45, 2.75) is 40.8 Å². The molecule has 1 fully saturated rings. The molecule has 1 aromatic carbocycles. The molecule has 1 aliphatic rings. The summed E-state index contributed by atoms with van der Waals surface area (Å²) in [5, 5.41) is 7.97. The molecular weight excluding hydrogens is 424 g/mol. The molecular formula is C24H30N4O5. The minimum atomic E-state index is -0.0115. The van der Waals surface area contributed by atoms with Crippen molar-refractivity contribution < 1.29 is 23.3 Å². The summed E-state index contributed by atoms with van der Waals surface area (Å²) in [4.78, 5) is 17.3. The third kappa shape index (κ3) is 4.88. The predicted molar refractivity (Wildman–Crippen MR) is 120 cm³/mol. The van der Waals surface area contributed by atoms with E-state index >= 15 is 0 Å². The highest BCUT2D eigenvalue weighted by atomic mass is 16.5. The van der Waals surface area contributed by atoms with Gasteiger partial charge in [-0.25, -0.2) is 0 Å². The summed E-state index contributed by atoms with van der Waals surface area (Å²) < 4.78 is 21.9. The Morgan fingerprint density at radius 1 is 0.939 bits per heavy atom. The van der Waals surface area contributed by atoms with E-state index in [1.165, 1.54) is 0 Å². The summed E-state index contributed by atoms with van der Waals surface area (Å²) in [6, 6.07) is 5.29. The van der Waals surface area contributed by atoms with Gasteiger partial charge in [0.05, 0.1) is 24.1 Å². The van der Waals surface area contributed by atoms with E-state index in [4.69, 9.17) is 18.5 Å². The average molecular weight is 455 g/mol. The van der Waals surface area contributed by atoms with E-state index in [0.717, 1.165) is 53.7 Å². The van der Waals surface area contributed by atoms with Crippen molar-refractivity contribution in [1.82, 2.24) is 20.1 Å². The molecule has 0 spiro atoms. The third-order valence-corrected chi connectivity index (χ3v) is 6.19. The van der Waals surface area contributed by atoms with Crippen molar-refractivity contribution in [3.05, 3.63) is 57.8 Å². The topological polar surface area (TPSA) is 94.1 Å². The van der Waals surface area contributed by atoms with Gasteiger partial charge in [0, 0.05) is 43.9 Å². The molecule has 0 unspecified atom stereocenters. The van der Waals surface area contributed by atoms with Crippen molar-refractivity contribution in [2.75, 3.05) is 33.3 Å². The van der Waals surface area contributed by atoms with Crippen molar-refractivity contribution in [1.29, 1.82) is 0 Å². The minimum absolute atomic E-state index is 0.0115. The number of carbonyl (C=O) groups is 1. The second-order valence-electron chi connectivity index (χ2n) is 8.33. The standard InChI is InChI=1S/C24H30N4O5/c1-15-20(17(3)32-25-15)13-27-8-10-28(11-9-27)24(29)19-6-7-22(23(12-19)30-5)31-14-21-16(2)26-33-18(21)4/h6-7,12H,8-11,13-14H2,1-5H3. The van der Waals surface area contributed by atoms with Crippen LogP contribution < -0.4 is 9.47 Å². The number of rotatable bonds is 7. The number of aromatic nitrogens is 2. The zero-order valence-corrected chi connectivity index (χ0v) is 19.8. The van der Waals surface area contributed by atoms with Crippen molar-refractivity contribution >= 4 is 5.91 Å². The van der Waals surface area contributed by atoms with E-state index in [9.17, 15) is 4.79 Å². The number of amides is 1. The molecule has 33 heavy (non-hydrogen) atoms. The highest BCUT2D eigenvalue weighted by molar-refractivity contribution is 5.95. The Hall–Kier alpha value is -3.33. The zero-order chi connectivity index (χ0) is 23.5. The fourth-order valence-electron chi connectivity index (χ4n) is 4.02. The van der Waals surface area contributed by atoms with Crippen LogP contribution in [0.25, 0.3) is 0 Å². The smallest absolute Gasteiger partial charge is 0.254 e. The van der Waals surface area contributed by atoms with E-state index in [2.05, 4.69) is 15.2 Å². The molecule has 1 amide bonds. The van der Waals surface area contributed by atoms with Crippen LogP contribution in [-0.4, -0.2) is 59.3 Å². The number of hydrogen-bond donors (Lipinski definition) is 0. The molecule has 0 radical (unpaired) electrons. The average Bonchev–Trinajstić information content (AvgIpc) is 3.32. The monoisotopic (exact) mass is 454 g/mol. The largest absolute Gasteiger partial charge is 0.493 e. The number of benzene rings is 1. The first-order valence-corrected chi connectivity index (χ1v) is 11.0. The van der Waals surface area contributed by atoms with Gasteiger partial charge in [-0.05, 0) is 45.9 Å². The van der Waals surface area contributed by atoms with E-state index in [-0.39, 0.29) is 5.91 Å². The molecule has 9 nitrogen and oxygen atoms in total. The fourth-order valence-corrected chi connectivity index (χ4v) is 4.02. The summed E-state index contributed by atoms with van der Waals surface area (Å²) in [6.07, 6.45) is 0. The van der Waals surface area contributed by atoms with Crippen LogP contribution in [0.5, 0.6) is 11.5 Å². The zero-order valence-electron chi connectivity index (χ0n) is 19.8. The molecule has 1 saturated heterocycles. The molecule has 9 heteroatoms. The number of carbonyl (C=O) groups excluding carboxylic acids is 1. The van der Waals surface area contributed by atoms with Gasteiger partial charge in [0.1, 0.15) is 18.1 Å². The third-order valence-electron chi connectivity index (χ3n) is 6.19. The van der Waals surface area contributed by atoms with Gasteiger partial charge in [0.25, 0.3) is 5.91 Å². The van der Waals surface area contributed by atoms with Crippen molar-refractivity contribution in [3.8, 4) is 11.5 Å². The Labute approximate surface area is 193 Å². The van der Waals surface area contributed by atoms with Crippen LogP contribution in [0.4, 0.5) is 0 Å². The number of aryl methyl sites for hydroxylation is 4. The maximum atomic E-state index is 13.1. The Morgan fingerprint density at radius 2 is 1.58 bits per heavy atom. The minimum Gasteiger partial charge on any atom is -0.493 e. The summed E-state index contributed by atoms with van der Waals surface area (Å²) in [5.41, 5.74) is 4.34. The molecule has 0 aliphatic carbocycles. The van der Waals surface area contributed by atoms with Crippen LogP contribution in [0.15, 0.2) is 27.2 Å². The first-order valence-electron chi connectivity index (χ1n) is 11.0. The summed E-state index contributed by atoms with van der Waals surface area (Å²) >= 11 is 0. The van der Waals surface area contributed by atoms with Gasteiger partial charge >= 0.3 is 0 Å². The first kappa shape index (κ1) is 22.8. The maximum absolute atomic E-state index is 13.1. The van der Waals surface area contributed by atoms with Crippen LogP contribution in [0.2, 0.25) is 0 Å². The van der Waals surface area contributed by atoms with Gasteiger partial charge in [0.2, 0.25) is 0 Å².